The van der Waals surface area contributed by atoms with Crippen molar-refractivity contribution in [1.29, 1.82) is 0 Å². The van der Waals surface area contributed by atoms with Crippen molar-refractivity contribution in [2.75, 3.05) is 25.0 Å². The summed E-state index contributed by atoms with van der Waals surface area (Å²) in [5.41, 5.74) is 4.29. The number of aromatic amines is 1. The first-order chi connectivity index (χ1) is 15.9. The summed E-state index contributed by atoms with van der Waals surface area (Å²) in [7, 11) is 0. The van der Waals surface area contributed by atoms with Gasteiger partial charge in [-0.3, -0.25) is 9.89 Å². The summed E-state index contributed by atoms with van der Waals surface area (Å²) in [5.74, 6) is 1.12. The van der Waals surface area contributed by atoms with Gasteiger partial charge in [0, 0.05) is 48.4 Å². The number of amides is 1. The molecule has 178 valence electrons. The quantitative estimate of drug-likeness (QED) is 0.627. The summed E-state index contributed by atoms with van der Waals surface area (Å²) >= 11 is 0. The Morgan fingerprint density at radius 1 is 1.21 bits per heavy atom. The first-order valence-electron chi connectivity index (χ1n) is 12.6. The van der Waals surface area contributed by atoms with Gasteiger partial charge in [0.15, 0.2) is 0 Å². The lowest BCUT2D eigenvalue weighted by Gasteiger charge is -2.30. The van der Waals surface area contributed by atoms with Gasteiger partial charge in [0.1, 0.15) is 5.82 Å². The van der Waals surface area contributed by atoms with Crippen molar-refractivity contribution in [1.82, 2.24) is 20.1 Å². The first kappa shape index (κ1) is 22.4. The van der Waals surface area contributed by atoms with Gasteiger partial charge in [0.05, 0.1) is 5.69 Å². The van der Waals surface area contributed by atoms with Crippen LogP contribution < -0.4 is 5.32 Å². The monoisotopic (exact) mass is 453 g/mol. The number of H-pyrrole nitrogens is 1. The SMILES string of the molecule is CC1(C)CCc2c(-c3cc(F)nc(NCC4CCC(C(=O)N5CCCC5)CC4)c3)n[nH]c2C1. The number of carbonyl (C=O) groups is 1. The number of anilines is 1. The molecular weight excluding hydrogens is 417 g/mol. The highest BCUT2D eigenvalue weighted by Gasteiger charge is 2.31. The number of hydrogen-bond acceptors (Lipinski definition) is 4. The fraction of sp³-hybridized carbons (Fsp3) is 0.654. The van der Waals surface area contributed by atoms with E-state index in [1.807, 2.05) is 6.07 Å². The minimum atomic E-state index is -0.484. The number of hydrogen-bond donors (Lipinski definition) is 2. The maximum absolute atomic E-state index is 14.4. The summed E-state index contributed by atoms with van der Waals surface area (Å²) in [4.78, 5) is 18.8. The molecule has 2 N–H and O–H groups in total. The van der Waals surface area contributed by atoms with E-state index in [9.17, 15) is 9.18 Å². The van der Waals surface area contributed by atoms with Gasteiger partial charge in [-0.1, -0.05) is 13.8 Å². The molecule has 2 aromatic heterocycles. The molecule has 33 heavy (non-hydrogen) atoms. The Morgan fingerprint density at radius 2 is 1.97 bits per heavy atom. The Balaban J connectivity index is 1.20. The van der Waals surface area contributed by atoms with Crippen LogP contribution >= 0.6 is 0 Å². The van der Waals surface area contributed by atoms with Crippen LogP contribution in [0.2, 0.25) is 0 Å². The Morgan fingerprint density at radius 3 is 2.73 bits per heavy atom. The highest BCUT2D eigenvalue weighted by molar-refractivity contribution is 5.79. The summed E-state index contributed by atoms with van der Waals surface area (Å²) in [6.07, 6.45) is 9.30. The van der Waals surface area contributed by atoms with E-state index in [0.29, 0.717) is 17.6 Å². The third-order valence-electron chi connectivity index (χ3n) is 7.91. The Bertz CT molecular complexity index is 1000. The molecule has 0 unspecified atom stereocenters. The number of carbonyl (C=O) groups excluding carboxylic acids is 1. The fourth-order valence-electron chi connectivity index (χ4n) is 5.87. The van der Waals surface area contributed by atoms with Crippen molar-refractivity contribution < 1.29 is 9.18 Å². The zero-order chi connectivity index (χ0) is 23.0. The molecule has 0 atom stereocenters. The van der Waals surface area contributed by atoms with E-state index in [-0.39, 0.29) is 11.3 Å². The lowest BCUT2D eigenvalue weighted by Crippen LogP contribution is -2.36. The Labute approximate surface area is 195 Å². The van der Waals surface area contributed by atoms with Crippen molar-refractivity contribution in [2.24, 2.45) is 17.3 Å². The molecule has 3 aliphatic rings. The van der Waals surface area contributed by atoms with Gasteiger partial charge in [-0.25, -0.2) is 4.98 Å². The van der Waals surface area contributed by atoms with Gasteiger partial charge >= 0.3 is 0 Å². The van der Waals surface area contributed by atoms with Crippen LogP contribution in [-0.4, -0.2) is 45.6 Å². The van der Waals surface area contributed by atoms with Crippen LogP contribution in [-0.2, 0) is 17.6 Å². The zero-order valence-corrected chi connectivity index (χ0v) is 19.9. The normalized spacial score (nSPS) is 24.5. The highest BCUT2D eigenvalue weighted by atomic mass is 19.1. The average Bonchev–Trinajstić information content (AvgIpc) is 3.46. The molecular formula is C26H36FN5O. The van der Waals surface area contributed by atoms with Crippen LogP contribution in [0.4, 0.5) is 10.2 Å². The maximum Gasteiger partial charge on any atom is 0.225 e. The van der Waals surface area contributed by atoms with E-state index in [0.717, 1.165) is 88.7 Å². The first-order valence-corrected chi connectivity index (χ1v) is 12.6. The number of pyridine rings is 1. The summed E-state index contributed by atoms with van der Waals surface area (Å²) in [6.45, 7) is 7.18. The number of nitrogens with one attached hydrogen (secondary N) is 2. The number of nitrogens with zero attached hydrogens (tertiary/aromatic N) is 3. The lowest BCUT2D eigenvalue weighted by atomic mass is 9.76. The number of aromatic nitrogens is 3. The second kappa shape index (κ2) is 9.07. The average molecular weight is 454 g/mol. The largest absolute Gasteiger partial charge is 0.370 e. The van der Waals surface area contributed by atoms with Gasteiger partial charge in [0.25, 0.3) is 0 Å². The third kappa shape index (κ3) is 4.92. The van der Waals surface area contributed by atoms with E-state index in [1.54, 1.807) is 0 Å². The van der Waals surface area contributed by atoms with Crippen LogP contribution in [0.15, 0.2) is 12.1 Å². The topological polar surface area (TPSA) is 73.9 Å². The molecule has 2 aromatic rings. The molecule has 0 aromatic carbocycles. The van der Waals surface area contributed by atoms with Gasteiger partial charge in [-0.05, 0) is 75.2 Å². The third-order valence-corrected chi connectivity index (χ3v) is 7.91. The van der Waals surface area contributed by atoms with Crippen molar-refractivity contribution in [3.05, 3.63) is 29.3 Å². The van der Waals surface area contributed by atoms with Crippen LogP contribution in [0.5, 0.6) is 0 Å². The van der Waals surface area contributed by atoms with E-state index >= 15 is 0 Å². The van der Waals surface area contributed by atoms with E-state index in [1.165, 1.54) is 17.3 Å². The second-order valence-corrected chi connectivity index (χ2v) is 11.1. The van der Waals surface area contributed by atoms with E-state index in [4.69, 9.17) is 0 Å². The molecule has 0 spiro atoms. The number of likely N-dealkylation sites (tertiary alicyclic amines) is 1. The van der Waals surface area contributed by atoms with Crippen molar-refractivity contribution >= 4 is 11.7 Å². The van der Waals surface area contributed by atoms with Gasteiger partial charge in [-0.2, -0.15) is 9.49 Å². The Kier molecular flexibility index (Phi) is 6.14. The smallest absolute Gasteiger partial charge is 0.225 e. The fourth-order valence-corrected chi connectivity index (χ4v) is 5.87. The van der Waals surface area contributed by atoms with Crippen molar-refractivity contribution in [3.8, 4) is 11.3 Å². The highest BCUT2D eigenvalue weighted by Crippen LogP contribution is 2.38. The summed E-state index contributed by atoms with van der Waals surface area (Å²) in [5, 5.41) is 11.1. The molecule has 1 saturated carbocycles. The van der Waals surface area contributed by atoms with Crippen LogP contribution in [0.25, 0.3) is 11.3 Å². The molecule has 0 bridgehead atoms. The van der Waals surface area contributed by atoms with Crippen LogP contribution in [0.3, 0.4) is 0 Å². The zero-order valence-electron chi connectivity index (χ0n) is 19.9. The number of fused-ring (bicyclic) bond motifs is 1. The van der Waals surface area contributed by atoms with Crippen molar-refractivity contribution in [2.45, 2.75) is 71.6 Å². The van der Waals surface area contributed by atoms with E-state index < -0.39 is 5.95 Å². The molecule has 7 heteroatoms. The van der Waals surface area contributed by atoms with E-state index in [2.05, 4.69) is 39.2 Å². The molecule has 1 aliphatic heterocycles. The maximum atomic E-state index is 14.4. The predicted molar refractivity (Wildman–Crippen MR) is 127 cm³/mol. The number of rotatable bonds is 5. The number of halogens is 1. The molecule has 5 rings (SSSR count). The summed E-state index contributed by atoms with van der Waals surface area (Å²) < 4.78 is 14.4. The van der Waals surface area contributed by atoms with Gasteiger partial charge in [0.2, 0.25) is 11.9 Å². The lowest BCUT2D eigenvalue weighted by molar-refractivity contribution is -0.135. The van der Waals surface area contributed by atoms with Crippen LogP contribution in [0, 0.1) is 23.2 Å². The molecule has 1 amide bonds. The standard InChI is InChI=1S/C26H36FN5O/c1-26(2)10-9-20-21(15-26)30-31-24(20)19-13-22(27)29-23(14-19)28-16-17-5-7-18(8-6-17)25(33)32-11-3-4-12-32/h13-14,17-18H,3-12,15-16H2,1-2H3,(H,28,29)(H,30,31). The summed E-state index contributed by atoms with van der Waals surface area (Å²) in [6, 6.07) is 3.40. The molecule has 2 fully saturated rings. The predicted octanol–water partition coefficient (Wildman–Crippen LogP) is 4.97. The van der Waals surface area contributed by atoms with Crippen molar-refractivity contribution in [3.63, 3.8) is 0 Å². The minimum absolute atomic E-state index is 0.189. The Hall–Kier alpha value is -2.44. The van der Waals surface area contributed by atoms with Gasteiger partial charge in [-0.15, -0.1) is 0 Å². The minimum Gasteiger partial charge on any atom is -0.370 e. The molecule has 3 heterocycles. The second-order valence-electron chi connectivity index (χ2n) is 11.1. The molecule has 0 radical (unpaired) electrons. The molecule has 6 nitrogen and oxygen atoms in total. The molecule has 1 saturated heterocycles. The van der Waals surface area contributed by atoms with Crippen LogP contribution in [0.1, 0.15) is 70.1 Å². The van der Waals surface area contributed by atoms with Gasteiger partial charge < -0.3 is 10.2 Å². The molecule has 2 aliphatic carbocycles.